The van der Waals surface area contributed by atoms with E-state index in [1.165, 1.54) is 5.56 Å². The first-order valence-corrected chi connectivity index (χ1v) is 6.48. The smallest absolute Gasteiger partial charge is 0.222 e. The van der Waals surface area contributed by atoms with Crippen molar-refractivity contribution >= 4 is 5.91 Å². The molecule has 4 nitrogen and oxygen atoms in total. The van der Waals surface area contributed by atoms with Gasteiger partial charge >= 0.3 is 0 Å². The number of rotatable bonds is 7. The van der Waals surface area contributed by atoms with Crippen molar-refractivity contribution < 1.29 is 4.79 Å². The van der Waals surface area contributed by atoms with E-state index in [1.807, 2.05) is 26.1 Å². The summed E-state index contributed by atoms with van der Waals surface area (Å²) in [7, 11) is 1.86. The van der Waals surface area contributed by atoms with E-state index in [9.17, 15) is 4.79 Å². The van der Waals surface area contributed by atoms with Crippen LogP contribution in [0.1, 0.15) is 31.7 Å². The summed E-state index contributed by atoms with van der Waals surface area (Å²) in [6, 6.07) is 4.14. The number of nitrogens with two attached hydrogens (primary N) is 1. The number of carbonyl (C=O) groups is 1. The minimum absolute atomic E-state index is 0.180. The standard InChI is InChI=1S/C14H23N3O/c1-12(15)4-3-5-14(18)17(2)11-8-13-6-9-16-10-7-13/h6-7,9-10,12H,3-5,8,11,15H2,1-2H3. The van der Waals surface area contributed by atoms with Crippen LogP contribution in [-0.4, -0.2) is 35.4 Å². The molecule has 1 amide bonds. The Labute approximate surface area is 109 Å². The van der Waals surface area contributed by atoms with Crippen molar-refractivity contribution in [1.82, 2.24) is 9.88 Å². The molecule has 0 saturated carbocycles. The van der Waals surface area contributed by atoms with Gasteiger partial charge in [-0.05, 0) is 43.9 Å². The molecule has 0 aliphatic heterocycles. The predicted octanol–water partition coefficient (Wildman–Crippen LogP) is 1.60. The summed E-state index contributed by atoms with van der Waals surface area (Å²) in [5.74, 6) is 0.199. The molecule has 1 unspecified atom stereocenters. The zero-order chi connectivity index (χ0) is 13.4. The largest absolute Gasteiger partial charge is 0.345 e. The molecule has 0 saturated heterocycles. The highest BCUT2D eigenvalue weighted by atomic mass is 16.2. The summed E-state index contributed by atoms with van der Waals surface area (Å²) in [6.45, 7) is 2.72. The highest BCUT2D eigenvalue weighted by Gasteiger charge is 2.08. The topological polar surface area (TPSA) is 59.2 Å². The first kappa shape index (κ1) is 14.6. The van der Waals surface area contributed by atoms with Crippen LogP contribution in [0.4, 0.5) is 0 Å². The van der Waals surface area contributed by atoms with Gasteiger partial charge in [-0.1, -0.05) is 0 Å². The molecule has 4 heteroatoms. The van der Waals surface area contributed by atoms with Gasteiger partial charge in [0.2, 0.25) is 5.91 Å². The molecule has 1 atom stereocenters. The summed E-state index contributed by atoms with van der Waals surface area (Å²) in [4.78, 5) is 17.6. The van der Waals surface area contributed by atoms with Crippen LogP contribution in [0.5, 0.6) is 0 Å². The lowest BCUT2D eigenvalue weighted by Gasteiger charge is -2.17. The van der Waals surface area contributed by atoms with Gasteiger partial charge in [-0.15, -0.1) is 0 Å². The molecule has 0 fully saturated rings. The molecular formula is C14H23N3O. The number of nitrogens with zero attached hydrogens (tertiary/aromatic N) is 2. The third-order valence-corrected chi connectivity index (χ3v) is 2.96. The van der Waals surface area contributed by atoms with Gasteiger partial charge in [-0.2, -0.15) is 0 Å². The van der Waals surface area contributed by atoms with Crippen LogP contribution in [0, 0.1) is 0 Å². The van der Waals surface area contributed by atoms with Crippen LogP contribution in [-0.2, 0) is 11.2 Å². The van der Waals surface area contributed by atoms with Crippen LogP contribution in [0.3, 0.4) is 0 Å². The molecule has 18 heavy (non-hydrogen) atoms. The average Bonchev–Trinajstić information content (AvgIpc) is 2.36. The highest BCUT2D eigenvalue weighted by molar-refractivity contribution is 5.75. The van der Waals surface area contributed by atoms with E-state index in [-0.39, 0.29) is 11.9 Å². The molecule has 0 spiro atoms. The van der Waals surface area contributed by atoms with Gasteiger partial charge in [0.1, 0.15) is 0 Å². The quantitative estimate of drug-likeness (QED) is 0.798. The lowest BCUT2D eigenvalue weighted by atomic mass is 10.1. The first-order chi connectivity index (χ1) is 8.59. The summed E-state index contributed by atoms with van der Waals surface area (Å²) in [5.41, 5.74) is 6.87. The zero-order valence-corrected chi connectivity index (χ0v) is 11.3. The Bertz CT molecular complexity index is 351. The van der Waals surface area contributed by atoms with E-state index in [4.69, 9.17) is 5.73 Å². The van der Waals surface area contributed by atoms with Crippen molar-refractivity contribution in [3.05, 3.63) is 30.1 Å². The second-order valence-electron chi connectivity index (χ2n) is 4.79. The number of carbonyl (C=O) groups excluding carboxylic acids is 1. The lowest BCUT2D eigenvalue weighted by molar-refractivity contribution is -0.130. The Morgan fingerprint density at radius 3 is 2.72 bits per heavy atom. The molecule has 0 aliphatic carbocycles. The van der Waals surface area contributed by atoms with Gasteiger partial charge in [0.15, 0.2) is 0 Å². The Balaban J connectivity index is 2.23. The highest BCUT2D eigenvalue weighted by Crippen LogP contribution is 2.04. The van der Waals surface area contributed by atoms with Gasteiger partial charge in [-0.25, -0.2) is 0 Å². The van der Waals surface area contributed by atoms with Gasteiger partial charge < -0.3 is 10.6 Å². The third kappa shape index (κ3) is 5.77. The maximum atomic E-state index is 11.8. The normalized spacial score (nSPS) is 12.2. The molecule has 1 aromatic rings. The fourth-order valence-corrected chi connectivity index (χ4v) is 1.74. The minimum Gasteiger partial charge on any atom is -0.345 e. The second kappa shape index (κ2) is 7.82. The summed E-state index contributed by atoms with van der Waals surface area (Å²) in [5, 5.41) is 0. The van der Waals surface area contributed by atoms with Crippen LogP contribution >= 0.6 is 0 Å². The summed E-state index contributed by atoms with van der Waals surface area (Å²) < 4.78 is 0. The minimum atomic E-state index is 0.180. The molecule has 0 bridgehead atoms. The molecule has 1 heterocycles. The van der Waals surface area contributed by atoms with E-state index < -0.39 is 0 Å². The molecule has 1 aromatic heterocycles. The number of hydrogen-bond donors (Lipinski definition) is 1. The molecule has 0 aliphatic rings. The summed E-state index contributed by atoms with van der Waals surface area (Å²) in [6.07, 6.45) is 6.80. The predicted molar refractivity (Wildman–Crippen MR) is 73.1 cm³/mol. The Kier molecular flexibility index (Phi) is 6.36. The molecule has 100 valence electrons. The maximum absolute atomic E-state index is 11.8. The monoisotopic (exact) mass is 249 g/mol. The van der Waals surface area contributed by atoms with Crippen molar-refractivity contribution in [2.75, 3.05) is 13.6 Å². The first-order valence-electron chi connectivity index (χ1n) is 6.48. The molecule has 0 aromatic carbocycles. The van der Waals surface area contributed by atoms with Crippen molar-refractivity contribution in [2.24, 2.45) is 5.73 Å². The van der Waals surface area contributed by atoms with Crippen LogP contribution in [0.2, 0.25) is 0 Å². The van der Waals surface area contributed by atoms with Gasteiger partial charge in [0.05, 0.1) is 0 Å². The molecular weight excluding hydrogens is 226 g/mol. The molecule has 2 N–H and O–H groups in total. The molecule has 1 rings (SSSR count). The van der Waals surface area contributed by atoms with E-state index in [1.54, 1.807) is 17.3 Å². The van der Waals surface area contributed by atoms with Crippen molar-refractivity contribution in [1.29, 1.82) is 0 Å². The van der Waals surface area contributed by atoms with E-state index >= 15 is 0 Å². The van der Waals surface area contributed by atoms with Crippen molar-refractivity contribution in [3.63, 3.8) is 0 Å². The maximum Gasteiger partial charge on any atom is 0.222 e. The number of pyridine rings is 1. The van der Waals surface area contributed by atoms with E-state index in [0.717, 1.165) is 25.8 Å². The van der Waals surface area contributed by atoms with Crippen molar-refractivity contribution in [3.8, 4) is 0 Å². The molecule has 0 radical (unpaired) electrons. The number of amides is 1. The van der Waals surface area contributed by atoms with Gasteiger partial charge in [0.25, 0.3) is 0 Å². The van der Waals surface area contributed by atoms with Crippen LogP contribution in [0.25, 0.3) is 0 Å². The summed E-state index contributed by atoms with van der Waals surface area (Å²) >= 11 is 0. The van der Waals surface area contributed by atoms with E-state index in [0.29, 0.717) is 6.42 Å². The Morgan fingerprint density at radius 1 is 1.44 bits per heavy atom. The van der Waals surface area contributed by atoms with Crippen molar-refractivity contribution in [2.45, 2.75) is 38.6 Å². The van der Waals surface area contributed by atoms with E-state index in [2.05, 4.69) is 4.98 Å². The Morgan fingerprint density at radius 2 is 2.11 bits per heavy atom. The van der Waals surface area contributed by atoms with Gasteiger partial charge in [0, 0.05) is 38.4 Å². The fourth-order valence-electron chi connectivity index (χ4n) is 1.74. The Hall–Kier alpha value is -1.42. The zero-order valence-electron chi connectivity index (χ0n) is 11.3. The average molecular weight is 249 g/mol. The number of hydrogen-bond acceptors (Lipinski definition) is 3. The number of likely N-dealkylation sites (N-methyl/N-ethyl adjacent to an activating group) is 1. The SMILES string of the molecule is CC(N)CCCC(=O)N(C)CCc1ccncc1. The number of aromatic nitrogens is 1. The lowest BCUT2D eigenvalue weighted by Crippen LogP contribution is -2.29. The fraction of sp³-hybridized carbons (Fsp3) is 0.571. The van der Waals surface area contributed by atoms with Gasteiger partial charge in [-0.3, -0.25) is 9.78 Å². The third-order valence-electron chi connectivity index (χ3n) is 2.96. The van der Waals surface area contributed by atoms with Crippen LogP contribution in [0.15, 0.2) is 24.5 Å². The van der Waals surface area contributed by atoms with Crippen LogP contribution < -0.4 is 5.73 Å². The second-order valence-corrected chi connectivity index (χ2v) is 4.79.